The van der Waals surface area contributed by atoms with E-state index in [-0.39, 0.29) is 11.6 Å². The van der Waals surface area contributed by atoms with Crippen molar-refractivity contribution in [3.8, 4) is 0 Å². The van der Waals surface area contributed by atoms with Gasteiger partial charge in [-0.15, -0.1) is 0 Å². The second-order valence-corrected chi connectivity index (χ2v) is 1.88. The summed E-state index contributed by atoms with van der Waals surface area (Å²) < 4.78 is 0. The van der Waals surface area contributed by atoms with Crippen molar-refractivity contribution in [1.29, 1.82) is 0 Å². The summed E-state index contributed by atoms with van der Waals surface area (Å²) in [5.41, 5.74) is 8.19. The van der Waals surface area contributed by atoms with Crippen LogP contribution in [0.2, 0.25) is 0 Å². The van der Waals surface area contributed by atoms with Crippen LogP contribution in [0.25, 0.3) is 5.53 Å². The molecule has 0 heterocycles. The van der Waals surface area contributed by atoms with E-state index in [9.17, 15) is 4.79 Å². The molecule has 0 aromatic rings. The van der Waals surface area contributed by atoms with E-state index in [2.05, 4.69) is 4.79 Å². The van der Waals surface area contributed by atoms with Crippen LogP contribution in [0, 0.1) is 0 Å². The van der Waals surface area contributed by atoms with E-state index in [1.165, 1.54) is 11.8 Å². The molecule has 0 saturated carbocycles. The van der Waals surface area contributed by atoms with Crippen LogP contribution in [0.1, 0.15) is 6.92 Å². The average Bonchev–Trinajstić information content (AvgIpc) is 1.84. The monoisotopic (exact) mass is 127 g/mol. The van der Waals surface area contributed by atoms with E-state index in [1.54, 1.807) is 14.1 Å². The molecular formula is C5H9N3O. The molecule has 0 aromatic carbocycles. The molecule has 50 valence electrons. The van der Waals surface area contributed by atoms with Gasteiger partial charge in [0, 0.05) is 21.0 Å². The van der Waals surface area contributed by atoms with Crippen molar-refractivity contribution < 1.29 is 9.58 Å². The topological polar surface area (TPSA) is 56.7 Å². The molecule has 0 N–H and O–H groups in total. The van der Waals surface area contributed by atoms with E-state index >= 15 is 0 Å². The third-order valence-corrected chi connectivity index (χ3v) is 0.866. The highest BCUT2D eigenvalue weighted by Gasteiger charge is 2.14. The Morgan fingerprint density at radius 2 is 2.00 bits per heavy atom. The van der Waals surface area contributed by atoms with E-state index in [0.29, 0.717) is 0 Å². The molecule has 0 bridgehead atoms. The van der Waals surface area contributed by atoms with Gasteiger partial charge in [0.25, 0.3) is 0 Å². The van der Waals surface area contributed by atoms with Crippen LogP contribution < -0.4 is 0 Å². The molecule has 0 aromatic heterocycles. The van der Waals surface area contributed by atoms with Crippen molar-refractivity contribution in [2.45, 2.75) is 6.92 Å². The van der Waals surface area contributed by atoms with E-state index in [1.807, 2.05) is 0 Å². The van der Waals surface area contributed by atoms with E-state index < -0.39 is 0 Å². The number of carbonyl (C=O) groups excluding carboxylic acids is 1. The summed E-state index contributed by atoms with van der Waals surface area (Å²) >= 11 is 0. The Labute approximate surface area is 53.7 Å². The van der Waals surface area contributed by atoms with Crippen LogP contribution in [0.5, 0.6) is 0 Å². The van der Waals surface area contributed by atoms with Gasteiger partial charge in [-0.2, -0.15) is 4.79 Å². The van der Waals surface area contributed by atoms with Crippen LogP contribution in [0.15, 0.2) is 0 Å². The van der Waals surface area contributed by atoms with Crippen LogP contribution >= 0.6 is 0 Å². The Hall–Kier alpha value is -1.15. The van der Waals surface area contributed by atoms with Crippen molar-refractivity contribution in [3.05, 3.63) is 5.53 Å². The summed E-state index contributed by atoms with van der Waals surface area (Å²) in [5.74, 6) is -0.280. The van der Waals surface area contributed by atoms with Crippen molar-refractivity contribution in [1.82, 2.24) is 4.90 Å². The summed E-state index contributed by atoms with van der Waals surface area (Å²) in [7, 11) is 3.19. The first-order chi connectivity index (χ1) is 4.09. The van der Waals surface area contributed by atoms with Gasteiger partial charge < -0.3 is 10.4 Å². The molecule has 4 heteroatoms. The third kappa shape index (κ3) is 2.06. The van der Waals surface area contributed by atoms with E-state index in [0.717, 1.165) is 0 Å². The van der Waals surface area contributed by atoms with Crippen LogP contribution in [-0.2, 0) is 4.79 Å². The lowest BCUT2D eigenvalue weighted by molar-refractivity contribution is -0.126. The van der Waals surface area contributed by atoms with Gasteiger partial charge in [-0.1, -0.05) is 0 Å². The van der Waals surface area contributed by atoms with Crippen LogP contribution in [-0.4, -0.2) is 35.4 Å². The van der Waals surface area contributed by atoms with Gasteiger partial charge in [0.2, 0.25) is 0 Å². The Bertz CT molecular complexity index is 167. The maximum Gasteiger partial charge on any atom is 0.352 e. The van der Waals surface area contributed by atoms with Gasteiger partial charge in [0.15, 0.2) is 0 Å². The van der Waals surface area contributed by atoms with Gasteiger partial charge in [-0.25, -0.2) is 0 Å². The molecule has 0 rings (SSSR count). The molecule has 4 nitrogen and oxygen atoms in total. The zero-order chi connectivity index (χ0) is 7.44. The maximum absolute atomic E-state index is 10.7. The lowest BCUT2D eigenvalue weighted by Gasteiger charge is -2.02. The summed E-state index contributed by atoms with van der Waals surface area (Å²) in [5, 5.41) is 0. The number of hydrogen-bond donors (Lipinski definition) is 0. The average molecular weight is 127 g/mol. The Balaban J connectivity index is 4.23. The number of carbonyl (C=O) groups is 1. The summed E-state index contributed by atoms with van der Waals surface area (Å²) in [4.78, 5) is 14.8. The van der Waals surface area contributed by atoms with Crippen molar-refractivity contribution >= 4 is 11.6 Å². The predicted octanol–water partition coefficient (Wildman–Crippen LogP) is -0.235. The Morgan fingerprint density at radius 1 is 1.56 bits per heavy atom. The smallest absolute Gasteiger partial charge is 0.352 e. The van der Waals surface area contributed by atoms with Crippen molar-refractivity contribution in [2.24, 2.45) is 0 Å². The first kappa shape index (κ1) is 7.85. The predicted molar refractivity (Wildman–Crippen MR) is 33.0 cm³/mol. The molecule has 0 aliphatic carbocycles. The first-order valence-corrected chi connectivity index (χ1v) is 2.50. The fourth-order valence-corrected chi connectivity index (χ4v) is 0.366. The largest absolute Gasteiger partial charge is 0.361 e. The number of rotatable bonds is 1. The zero-order valence-electron chi connectivity index (χ0n) is 5.75. The molecule has 0 aliphatic rings. The lowest BCUT2D eigenvalue weighted by Crippen LogP contribution is -2.28. The lowest BCUT2D eigenvalue weighted by atomic mass is 10.4. The number of amides is 1. The van der Waals surface area contributed by atoms with Crippen molar-refractivity contribution in [2.75, 3.05) is 14.1 Å². The first-order valence-electron chi connectivity index (χ1n) is 2.50. The van der Waals surface area contributed by atoms with E-state index in [4.69, 9.17) is 5.53 Å². The molecule has 9 heavy (non-hydrogen) atoms. The fraction of sp³-hybridized carbons (Fsp3) is 0.600. The minimum atomic E-state index is -0.280. The van der Waals surface area contributed by atoms with Gasteiger partial charge in [-0.3, -0.25) is 4.79 Å². The second-order valence-electron chi connectivity index (χ2n) is 1.88. The Morgan fingerprint density at radius 3 is 2.11 bits per heavy atom. The minimum absolute atomic E-state index is 0.0972. The molecule has 0 radical (unpaired) electrons. The molecular weight excluding hydrogens is 118 g/mol. The van der Waals surface area contributed by atoms with Gasteiger partial charge >= 0.3 is 11.6 Å². The molecule has 0 atom stereocenters. The molecule has 0 saturated heterocycles. The summed E-state index contributed by atoms with van der Waals surface area (Å²) in [6.07, 6.45) is 0. The second kappa shape index (κ2) is 2.99. The Kier molecular flexibility index (Phi) is 2.61. The molecule has 0 spiro atoms. The maximum atomic E-state index is 10.7. The standard InChI is InChI=1S/C5H9N3O/c1-4(7-6)5(9)8(2)3/h1-3H3. The van der Waals surface area contributed by atoms with Crippen LogP contribution in [0.3, 0.4) is 0 Å². The molecule has 1 amide bonds. The molecule has 0 fully saturated rings. The summed E-state index contributed by atoms with van der Waals surface area (Å²) in [6, 6.07) is 0. The molecule has 0 unspecified atom stereocenters. The summed E-state index contributed by atoms with van der Waals surface area (Å²) in [6.45, 7) is 1.45. The fourth-order valence-electron chi connectivity index (χ4n) is 0.366. The normalized spacial score (nSPS) is 7.89. The number of hydrogen-bond acceptors (Lipinski definition) is 1. The van der Waals surface area contributed by atoms with Gasteiger partial charge in [0.1, 0.15) is 0 Å². The quantitative estimate of drug-likeness (QED) is 0.272. The highest BCUT2D eigenvalue weighted by molar-refractivity contribution is 6.35. The highest BCUT2D eigenvalue weighted by atomic mass is 16.2. The molecule has 0 aliphatic heterocycles. The minimum Gasteiger partial charge on any atom is -0.361 e. The number of nitrogens with zero attached hydrogens (tertiary/aromatic N) is 3. The highest BCUT2D eigenvalue weighted by Crippen LogP contribution is 1.78. The van der Waals surface area contributed by atoms with Crippen molar-refractivity contribution in [3.63, 3.8) is 0 Å². The SMILES string of the molecule is CC(=[N+]=[N-])C(=O)N(C)C. The van der Waals surface area contributed by atoms with Gasteiger partial charge in [-0.05, 0) is 0 Å². The third-order valence-electron chi connectivity index (χ3n) is 0.866. The van der Waals surface area contributed by atoms with Crippen LogP contribution in [0.4, 0.5) is 0 Å². The van der Waals surface area contributed by atoms with Gasteiger partial charge in [0.05, 0.1) is 0 Å². The zero-order valence-corrected chi connectivity index (χ0v) is 5.75.